The van der Waals surface area contributed by atoms with Gasteiger partial charge in [0, 0.05) is 18.7 Å². The lowest BCUT2D eigenvalue weighted by molar-refractivity contribution is 0.0945. The van der Waals surface area contributed by atoms with E-state index in [1.807, 2.05) is 48.5 Å². The molecular formula is C21H22N4O. The Balaban J connectivity index is 1.69. The highest BCUT2D eigenvalue weighted by molar-refractivity contribution is 5.92. The van der Waals surface area contributed by atoms with Gasteiger partial charge >= 0.3 is 0 Å². The normalized spacial score (nSPS) is 11.6. The summed E-state index contributed by atoms with van der Waals surface area (Å²) in [6.45, 7) is 4.31. The third-order valence-corrected chi connectivity index (χ3v) is 4.03. The third kappa shape index (κ3) is 4.66. The average molecular weight is 346 g/mol. The van der Waals surface area contributed by atoms with Crippen LogP contribution >= 0.6 is 0 Å². The van der Waals surface area contributed by atoms with E-state index >= 15 is 0 Å². The lowest BCUT2D eigenvalue weighted by Crippen LogP contribution is -2.24. The molecule has 1 aromatic heterocycles. The summed E-state index contributed by atoms with van der Waals surface area (Å²) < 4.78 is 0. The zero-order chi connectivity index (χ0) is 18.4. The Bertz CT molecular complexity index is 866. The van der Waals surface area contributed by atoms with Gasteiger partial charge in [-0.05, 0) is 25.0 Å². The van der Waals surface area contributed by atoms with E-state index in [1.165, 1.54) is 0 Å². The van der Waals surface area contributed by atoms with Crippen molar-refractivity contribution in [2.45, 2.75) is 26.4 Å². The number of aryl methyl sites for hydroxylation is 1. The van der Waals surface area contributed by atoms with Gasteiger partial charge in [-0.2, -0.15) is 0 Å². The molecule has 0 bridgehead atoms. The Kier molecular flexibility index (Phi) is 5.59. The number of anilines is 1. The maximum Gasteiger partial charge on any atom is 0.270 e. The average Bonchev–Trinajstić information content (AvgIpc) is 2.67. The van der Waals surface area contributed by atoms with E-state index in [4.69, 9.17) is 0 Å². The Morgan fingerprint density at radius 2 is 1.65 bits per heavy atom. The zero-order valence-electron chi connectivity index (χ0n) is 14.9. The van der Waals surface area contributed by atoms with Gasteiger partial charge in [0.05, 0.1) is 0 Å². The van der Waals surface area contributed by atoms with Gasteiger partial charge in [0.1, 0.15) is 17.3 Å². The molecule has 26 heavy (non-hydrogen) atoms. The number of carbonyl (C=O) groups is 1. The smallest absolute Gasteiger partial charge is 0.270 e. The number of hydrogen-bond donors (Lipinski definition) is 2. The predicted molar refractivity (Wildman–Crippen MR) is 103 cm³/mol. The highest BCUT2D eigenvalue weighted by Crippen LogP contribution is 2.18. The van der Waals surface area contributed by atoms with Crippen LogP contribution in [-0.4, -0.2) is 15.9 Å². The highest BCUT2D eigenvalue weighted by Gasteiger charge is 2.12. The van der Waals surface area contributed by atoms with Crippen LogP contribution in [0, 0.1) is 6.92 Å². The molecule has 2 N–H and O–H groups in total. The summed E-state index contributed by atoms with van der Waals surface area (Å²) in [5, 5.41) is 6.23. The predicted octanol–water partition coefficient (Wildman–Crippen LogP) is 3.89. The number of nitrogens with zero attached hydrogens (tertiary/aromatic N) is 2. The number of aromatic nitrogens is 2. The molecule has 1 atom stereocenters. The Morgan fingerprint density at radius 1 is 1.00 bits per heavy atom. The second kappa shape index (κ2) is 8.25. The summed E-state index contributed by atoms with van der Waals surface area (Å²) in [5.41, 5.74) is 2.55. The molecule has 0 spiro atoms. The van der Waals surface area contributed by atoms with Crippen molar-refractivity contribution in [3.63, 3.8) is 0 Å². The van der Waals surface area contributed by atoms with E-state index in [2.05, 4.69) is 39.7 Å². The molecule has 0 aliphatic heterocycles. The van der Waals surface area contributed by atoms with Crippen molar-refractivity contribution >= 4 is 11.7 Å². The molecule has 1 unspecified atom stereocenters. The van der Waals surface area contributed by atoms with Crippen molar-refractivity contribution in [1.82, 2.24) is 15.3 Å². The molecular weight excluding hydrogens is 324 g/mol. The molecule has 0 saturated carbocycles. The van der Waals surface area contributed by atoms with E-state index in [-0.39, 0.29) is 11.9 Å². The van der Waals surface area contributed by atoms with Gasteiger partial charge in [-0.25, -0.2) is 9.97 Å². The van der Waals surface area contributed by atoms with Crippen molar-refractivity contribution < 1.29 is 4.79 Å². The molecule has 3 rings (SSSR count). The molecule has 1 heterocycles. The monoisotopic (exact) mass is 346 g/mol. The third-order valence-electron chi connectivity index (χ3n) is 4.03. The minimum atomic E-state index is -0.213. The first-order valence-electron chi connectivity index (χ1n) is 8.61. The van der Waals surface area contributed by atoms with Crippen molar-refractivity contribution in [1.29, 1.82) is 0 Å². The second-order valence-corrected chi connectivity index (χ2v) is 6.13. The fraction of sp³-hybridized carbons (Fsp3) is 0.190. The van der Waals surface area contributed by atoms with Crippen LogP contribution < -0.4 is 10.6 Å². The molecule has 0 fully saturated rings. The van der Waals surface area contributed by atoms with Gasteiger partial charge in [0.15, 0.2) is 0 Å². The lowest BCUT2D eigenvalue weighted by atomic mass is 10.1. The Hall–Kier alpha value is -3.21. The highest BCUT2D eigenvalue weighted by atomic mass is 16.1. The Morgan fingerprint density at radius 3 is 2.35 bits per heavy atom. The first-order chi connectivity index (χ1) is 12.6. The maximum absolute atomic E-state index is 12.4. The van der Waals surface area contributed by atoms with Gasteiger partial charge in [0.25, 0.3) is 5.91 Å². The first-order valence-corrected chi connectivity index (χ1v) is 8.61. The van der Waals surface area contributed by atoms with Crippen LogP contribution in [0.25, 0.3) is 0 Å². The minimum absolute atomic E-state index is 0.0747. The SMILES string of the molecule is Cc1nc(NC(C)c2ccccc2)cc(C(=O)NCc2ccccc2)n1. The van der Waals surface area contributed by atoms with Crippen LogP contribution in [0.2, 0.25) is 0 Å². The first kappa shape index (κ1) is 17.6. The molecule has 0 radical (unpaired) electrons. The molecule has 2 aromatic carbocycles. The van der Waals surface area contributed by atoms with E-state index in [9.17, 15) is 4.79 Å². The van der Waals surface area contributed by atoms with Crippen LogP contribution in [0.3, 0.4) is 0 Å². The second-order valence-electron chi connectivity index (χ2n) is 6.13. The summed E-state index contributed by atoms with van der Waals surface area (Å²) in [7, 11) is 0. The van der Waals surface area contributed by atoms with Gasteiger partial charge < -0.3 is 10.6 Å². The zero-order valence-corrected chi connectivity index (χ0v) is 14.9. The number of nitrogens with one attached hydrogen (secondary N) is 2. The summed E-state index contributed by atoms with van der Waals surface area (Å²) in [6.07, 6.45) is 0. The van der Waals surface area contributed by atoms with Crippen molar-refractivity contribution in [3.8, 4) is 0 Å². The van der Waals surface area contributed by atoms with Crippen LogP contribution in [0.1, 0.15) is 40.4 Å². The summed E-state index contributed by atoms with van der Waals surface area (Å²) in [4.78, 5) is 21.1. The molecule has 0 aliphatic carbocycles. The van der Waals surface area contributed by atoms with Crippen LogP contribution in [0.15, 0.2) is 66.7 Å². The molecule has 0 aliphatic rings. The summed E-state index contributed by atoms with van der Waals surface area (Å²) in [5.74, 6) is 0.980. The standard InChI is InChI=1S/C21H22N4O/c1-15(18-11-7-4-8-12-18)23-20-13-19(24-16(2)25-20)21(26)22-14-17-9-5-3-6-10-17/h3-13,15H,14H2,1-2H3,(H,22,26)(H,23,24,25). The topological polar surface area (TPSA) is 66.9 Å². The largest absolute Gasteiger partial charge is 0.363 e. The van der Waals surface area contributed by atoms with Crippen LogP contribution in [0.5, 0.6) is 0 Å². The summed E-state index contributed by atoms with van der Waals surface area (Å²) in [6, 6.07) is 21.6. The molecule has 1 amide bonds. The maximum atomic E-state index is 12.4. The Labute approximate surface area is 153 Å². The van der Waals surface area contributed by atoms with Crippen molar-refractivity contribution in [2.75, 3.05) is 5.32 Å². The van der Waals surface area contributed by atoms with Gasteiger partial charge in [0.2, 0.25) is 0 Å². The fourth-order valence-corrected chi connectivity index (χ4v) is 2.67. The quantitative estimate of drug-likeness (QED) is 0.711. The van der Waals surface area contributed by atoms with Crippen LogP contribution in [-0.2, 0) is 6.54 Å². The number of carbonyl (C=O) groups excluding carboxylic acids is 1. The van der Waals surface area contributed by atoms with Gasteiger partial charge in [-0.1, -0.05) is 60.7 Å². The van der Waals surface area contributed by atoms with E-state index < -0.39 is 0 Å². The molecule has 3 aromatic rings. The molecule has 0 saturated heterocycles. The van der Waals surface area contributed by atoms with Crippen molar-refractivity contribution in [3.05, 3.63) is 89.4 Å². The van der Waals surface area contributed by atoms with Crippen LogP contribution in [0.4, 0.5) is 5.82 Å². The number of rotatable bonds is 6. The number of benzene rings is 2. The molecule has 5 heteroatoms. The fourth-order valence-electron chi connectivity index (χ4n) is 2.67. The van der Waals surface area contributed by atoms with E-state index in [0.717, 1.165) is 11.1 Å². The van der Waals surface area contributed by atoms with Gasteiger partial charge in [-0.3, -0.25) is 4.79 Å². The minimum Gasteiger partial charge on any atom is -0.363 e. The van der Waals surface area contributed by atoms with Gasteiger partial charge in [-0.15, -0.1) is 0 Å². The van der Waals surface area contributed by atoms with E-state index in [1.54, 1.807) is 13.0 Å². The molecule has 5 nitrogen and oxygen atoms in total. The lowest BCUT2D eigenvalue weighted by Gasteiger charge is -2.16. The van der Waals surface area contributed by atoms with Crippen molar-refractivity contribution in [2.24, 2.45) is 0 Å². The number of hydrogen-bond acceptors (Lipinski definition) is 4. The summed E-state index contributed by atoms with van der Waals surface area (Å²) >= 11 is 0. The number of amides is 1. The van der Waals surface area contributed by atoms with E-state index in [0.29, 0.717) is 23.9 Å². The molecule has 132 valence electrons.